The summed E-state index contributed by atoms with van der Waals surface area (Å²) >= 11 is 0. The third-order valence-corrected chi connectivity index (χ3v) is 3.11. The van der Waals surface area contributed by atoms with E-state index in [1.165, 1.54) is 0 Å². The lowest BCUT2D eigenvalue weighted by Gasteiger charge is -2.05. The lowest BCUT2D eigenvalue weighted by Crippen LogP contribution is -2.09. The van der Waals surface area contributed by atoms with Crippen molar-refractivity contribution in [2.75, 3.05) is 7.11 Å². The average molecular weight is 349 g/mol. The summed E-state index contributed by atoms with van der Waals surface area (Å²) < 4.78 is 14.4. The molecule has 2 rings (SSSR count). The van der Waals surface area contributed by atoms with Gasteiger partial charge in [0, 0.05) is 18.1 Å². The Hall–Kier alpha value is -3.30. The third-order valence-electron chi connectivity index (χ3n) is 3.11. The fourth-order valence-corrected chi connectivity index (χ4v) is 1.84. The molecule has 0 aliphatic heterocycles. The molecule has 0 bridgehead atoms. The number of esters is 2. The van der Waals surface area contributed by atoms with Gasteiger partial charge in [-0.3, -0.25) is 10.1 Å². The molecule has 10 heteroatoms. The minimum Gasteiger partial charge on any atom is -0.465 e. The molecule has 132 valence electrons. The van der Waals surface area contributed by atoms with Crippen LogP contribution >= 0.6 is 0 Å². The van der Waals surface area contributed by atoms with Crippen LogP contribution < -0.4 is 0 Å². The molecule has 0 aliphatic carbocycles. The summed E-state index contributed by atoms with van der Waals surface area (Å²) in [7, 11) is 1.13. The van der Waals surface area contributed by atoms with Gasteiger partial charge in [-0.25, -0.2) is 9.59 Å². The zero-order chi connectivity index (χ0) is 18.6. The Morgan fingerprint density at radius 3 is 2.40 bits per heavy atom. The third kappa shape index (κ3) is 4.37. The normalized spacial score (nSPS) is 10.6. The highest BCUT2D eigenvalue weighted by Gasteiger charge is 2.20. The number of rotatable bonds is 6. The number of nitro benzene ring substituents is 1. The molecule has 0 radical (unpaired) electrons. The number of nitrogens with zero attached hydrogens (tertiary/aromatic N) is 3. The van der Waals surface area contributed by atoms with Crippen LogP contribution in [0.15, 0.2) is 22.7 Å². The second kappa shape index (κ2) is 7.51. The van der Waals surface area contributed by atoms with Gasteiger partial charge in [0.25, 0.3) is 11.6 Å². The van der Waals surface area contributed by atoms with E-state index in [0.29, 0.717) is 5.82 Å². The molecular weight excluding hydrogens is 334 g/mol. The number of methoxy groups -OCH3 is 1. The first-order chi connectivity index (χ1) is 11.8. The number of carbonyl (C=O) groups excluding carboxylic acids is 2. The average Bonchev–Trinajstić information content (AvgIpc) is 3.07. The minimum absolute atomic E-state index is 0.0487. The Morgan fingerprint density at radius 2 is 1.88 bits per heavy atom. The molecule has 0 N–H and O–H groups in total. The Kier molecular flexibility index (Phi) is 5.42. The SMILES string of the molecule is COC(=O)c1cc(C(=O)OCc2nc(C(C)C)no2)cc([N+](=O)[O-])c1. The molecule has 1 aromatic carbocycles. The molecule has 0 aliphatic rings. The zero-order valence-corrected chi connectivity index (χ0v) is 13.7. The second-order valence-electron chi connectivity index (χ2n) is 5.29. The molecule has 1 heterocycles. The quantitative estimate of drug-likeness (QED) is 0.437. The fraction of sp³-hybridized carbons (Fsp3) is 0.333. The van der Waals surface area contributed by atoms with Gasteiger partial charge in [0.15, 0.2) is 12.4 Å². The molecule has 25 heavy (non-hydrogen) atoms. The Morgan fingerprint density at radius 1 is 1.24 bits per heavy atom. The highest BCUT2D eigenvalue weighted by molar-refractivity contribution is 5.96. The van der Waals surface area contributed by atoms with Crippen molar-refractivity contribution in [3.05, 3.63) is 51.2 Å². The van der Waals surface area contributed by atoms with E-state index in [1.54, 1.807) is 0 Å². The molecule has 0 spiro atoms. The monoisotopic (exact) mass is 349 g/mol. The maximum atomic E-state index is 12.1. The van der Waals surface area contributed by atoms with E-state index in [9.17, 15) is 19.7 Å². The number of hydrogen-bond acceptors (Lipinski definition) is 9. The summed E-state index contributed by atoms with van der Waals surface area (Å²) in [6.07, 6.45) is 0. The predicted molar refractivity (Wildman–Crippen MR) is 81.9 cm³/mol. The summed E-state index contributed by atoms with van der Waals surface area (Å²) in [5.41, 5.74) is -0.739. The maximum Gasteiger partial charge on any atom is 0.338 e. The molecule has 10 nitrogen and oxygen atoms in total. The van der Waals surface area contributed by atoms with Crippen molar-refractivity contribution in [1.29, 1.82) is 0 Å². The molecule has 0 unspecified atom stereocenters. The van der Waals surface area contributed by atoms with E-state index in [-0.39, 0.29) is 29.5 Å². The molecule has 1 aromatic heterocycles. The van der Waals surface area contributed by atoms with Gasteiger partial charge in [0.1, 0.15) is 0 Å². The molecule has 2 aromatic rings. The highest BCUT2D eigenvalue weighted by atomic mass is 16.6. The number of aromatic nitrogens is 2. The van der Waals surface area contributed by atoms with Gasteiger partial charge in [-0.1, -0.05) is 19.0 Å². The summed E-state index contributed by atoms with van der Waals surface area (Å²) in [6.45, 7) is 3.45. The zero-order valence-electron chi connectivity index (χ0n) is 13.7. The first kappa shape index (κ1) is 18.0. The Balaban J connectivity index is 2.18. The van der Waals surface area contributed by atoms with Crippen LogP contribution in [0.4, 0.5) is 5.69 Å². The lowest BCUT2D eigenvalue weighted by molar-refractivity contribution is -0.384. The van der Waals surface area contributed by atoms with Crippen molar-refractivity contribution in [3.8, 4) is 0 Å². The standard InChI is InChI=1S/C15H15N3O7/c1-8(2)13-16-12(25-17-13)7-24-15(20)10-4-9(14(19)23-3)5-11(6-10)18(21)22/h4-6,8H,7H2,1-3H3. The smallest absolute Gasteiger partial charge is 0.338 e. The number of hydrogen-bond donors (Lipinski definition) is 0. The Bertz CT molecular complexity index is 813. The van der Waals surface area contributed by atoms with Crippen molar-refractivity contribution >= 4 is 17.6 Å². The van der Waals surface area contributed by atoms with E-state index in [1.807, 2.05) is 13.8 Å². The van der Waals surface area contributed by atoms with Crippen molar-refractivity contribution < 1.29 is 28.5 Å². The van der Waals surface area contributed by atoms with Crippen LogP contribution in [0.1, 0.15) is 52.2 Å². The van der Waals surface area contributed by atoms with Crippen molar-refractivity contribution in [1.82, 2.24) is 10.1 Å². The number of nitro groups is 1. The number of ether oxygens (including phenoxy) is 2. The van der Waals surface area contributed by atoms with E-state index in [2.05, 4.69) is 14.9 Å². The maximum absolute atomic E-state index is 12.1. The van der Waals surface area contributed by atoms with Crippen molar-refractivity contribution in [2.24, 2.45) is 0 Å². The van der Waals surface area contributed by atoms with Gasteiger partial charge >= 0.3 is 11.9 Å². The van der Waals surface area contributed by atoms with E-state index < -0.39 is 22.5 Å². The van der Waals surface area contributed by atoms with Gasteiger partial charge < -0.3 is 14.0 Å². The first-order valence-electron chi connectivity index (χ1n) is 7.19. The summed E-state index contributed by atoms with van der Waals surface area (Å²) in [5, 5.41) is 14.7. The van der Waals surface area contributed by atoms with Crippen LogP contribution in [0, 0.1) is 10.1 Å². The predicted octanol–water partition coefficient (Wildman–Crippen LogP) is 2.24. The molecule has 0 saturated carbocycles. The second-order valence-corrected chi connectivity index (χ2v) is 5.29. The molecule has 0 amide bonds. The number of benzene rings is 1. The van der Waals surface area contributed by atoms with Gasteiger partial charge in [-0.2, -0.15) is 4.98 Å². The summed E-state index contributed by atoms with van der Waals surface area (Å²) in [4.78, 5) is 38.0. The topological polar surface area (TPSA) is 135 Å². The number of carbonyl (C=O) groups is 2. The summed E-state index contributed by atoms with van der Waals surface area (Å²) in [5.74, 6) is -1.08. The Labute approximate surface area is 141 Å². The van der Waals surface area contributed by atoms with Gasteiger partial charge in [-0.05, 0) is 6.07 Å². The molecule has 0 atom stereocenters. The van der Waals surface area contributed by atoms with E-state index in [0.717, 1.165) is 25.3 Å². The largest absolute Gasteiger partial charge is 0.465 e. The van der Waals surface area contributed by atoms with Crippen LogP contribution in [0.5, 0.6) is 0 Å². The summed E-state index contributed by atoms with van der Waals surface area (Å²) in [6, 6.07) is 3.16. The van der Waals surface area contributed by atoms with Crippen molar-refractivity contribution in [2.45, 2.75) is 26.4 Å². The number of non-ortho nitro benzene ring substituents is 1. The van der Waals surface area contributed by atoms with Gasteiger partial charge in [0.2, 0.25) is 0 Å². The first-order valence-corrected chi connectivity index (χ1v) is 7.19. The van der Waals surface area contributed by atoms with E-state index in [4.69, 9.17) is 9.26 Å². The van der Waals surface area contributed by atoms with Crippen LogP contribution in [0.3, 0.4) is 0 Å². The van der Waals surface area contributed by atoms with Crippen molar-refractivity contribution in [3.63, 3.8) is 0 Å². The minimum atomic E-state index is -0.877. The van der Waals surface area contributed by atoms with Crippen LogP contribution in [0.25, 0.3) is 0 Å². The van der Waals surface area contributed by atoms with E-state index >= 15 is 0 Å². The van der Waals surface area contributed by atoms with Gasteiger partial charge in [-0.15, -0.1) is 0 Å². The molecule has 0 fully saturated rings. The van der Waals surface area contributed by atoms with Gasteiger partial charge in [0.05, 0.1) is 23.2 Å². The van der Waals surface area contributed by atoms with Crippen LogP contribution in [-0.4, -0.2) is 34.1 Å². The lowest BCUT2D eigenvalue weighted by atomic mass is 10.1. The van der Waals surface area contributed by atoms with Crippen LogP contribution in [-0.2, 0) is 16.1 Å². The van der Waals surface area contributed by atoms with Crippen LogP contribution in [0.2, 0.25) is 0 Å². The molecular formula is C15H15N3O7. The molecule has 0 saturated heterocycles. The highest BCUT2D eigenvalue weighted by Crippen LogP contribution is 2.19. The fourth-order valence-electron chi connectivity index (χ4n) is 1.84.